The molecule has 1 aromatic heterocycles. The van der Waals surface area contributed by atoms with E-state index in [0.717, 1.165) is 42.2 Å². The predicted octanol–water partition coefficient (Wildman–Crippen LogP) is 2.80. The summed E-state index contributed by atoms with van der Waals surface area (Å²) in [5.74, 6) is 0.361. The van der Waals surface area contributed by atoms with Gasteiger partial charge in [0.15, 0.2) is 9.84 Å². The standard InChI is InChI=1S/C20H25N3O3S/c1-14(2)12-23-20-16-6-4-5-7-18(16)27(24,25)13-17(20)19(21-23)15(3)22-8-10-26-11-9-22/h4-7,14H,3,8-13H2,1-2H3. The van der Waals surface area contributed by atoms with Gasteiger partial charge in [-0.15, -0.1) is 0 Å². The summed E-state index contributed by atoms with van der Waals surface area (Å²) in [6, 6.07) is 7.23. The van der Waals surface area contributed by atoms with Gasteiger partial charge >= 0.3 is 0 Å². The van der Waals surface area contributed by atoms with Gasteiger partial charge in [0.1, 0.15) is 5.69 Å². The van der Waals surface area contributed by atoms with Crippen LogP contribution < -0.4 is 0 Å². The number of morpholine rings is 1. The molecule has 0 spiro atoms. The van der Waals surface area contributed by atoms with E-state index >= 15 is 0 Å². The number of aromatic nitrogens is 2. The fourth-order valence-corrected chi connectivity index (χ4v) is 5.43. The molecule has 0 saturated carbocycles. The summed E-state index contributed by atoms with van der Waals surface area (Å²) in [6.07, 6.45) is 0. The van der Waals surface area contributed by atoms with Gasteiger partial charge in [0, 0.05) is 30.8 Å². The summed E-state index contributed by atoms with van der Waals surface area (Å²) in [6.45, 7) is 12.0. The Morgan fingerprint density at radius 1 is 1.26 bits per heavy atom. The van der Waals surface area contributed by atoms with Gasteiger partial charge in [0.2, 0.25) is 0 Å². The largest absolute Gasteiger partial charge is 0.378 e. The second-order valence-electron chi connectivity index (χ2n) is 7.55. The van der Waals surface area contributed by atoms with Gasteiger partial charge in [-0.05, 0) is 12.0 Å². The molecular formula is C20H25N3O3S. The van der Waals surface area contributed by atoms with Crippen LogP contribution in [0.4, 0.5) is 0 Å². The highest BCUT2D eigenvalue weighted by atomic mass is 32.2. The molecule has 0 bridgehead atoms. The average molecular weight is 388 g/mol. The van der Waals surface area contributed by atoms with Crippen molar-refractivity contribution in [3.8, 4) is 11.3 Å². The Labute approximate surface area is 160 Å². The van der Waals surface area contributed by atoms with E-state index < -0.39 is 9.84 Å². The number of hydrogen-bond donors (Lipinski definition) is 0. The van der Waals surface area contributed by atoms with Crippen molar-refractivity contribution in [2.45, 2.75) is 31.0 Å². The van der Waals surface area contributed by atoms with Crippen LogP contribution in [0.3, 0.4) is 0 Å². The Hall–Kier alpha value is -2.12. The molecule has 0 N–H and O–H groups in total. The summed E-state index contributed by atoms with van der Waals surface area (Å²) >= 11 is 0. The lowest BCUT2D eigenvalue weighted by Gasteiger charge is -2.30. The molecule has 1 saturated heterocycles. The van der Waals surface area contributed by atoms with Crippen molar-refractivity contribution in [2.75, 3.05) is 26.3 Å². The maximum atomic E-state index is 12.9. The van der Waals surface area contributed by atoms with Crippen molar-refractivity contribution in [3.63, 3.8) is 0 Å². The Morgan fingerprint density at radius 3 is 2.67 bits per heavy atom. The molecule has 1 fully saturated rings. The number of benzene rings is 1. The molecule has 3 heterocycles. The zero-order valence-corrected chi connectivity index (χ0v) is 16.6. The lowest BCUT2D eigenvalue weighted by molar-refractivity contribution is 0.0639. The number of sulfone groups is 1. The van der Waals surface area contributed by atoms with E-state index in [4.69, 9.17) is 9.84 Å². The van der Waals surface area contributed by atoms with E-state index in [1.165, 1.54) is 0 Å². The lowest BCUT2D eigenvalue weighted by Crippen LogP contribution is -2.35. The summed E-state index contributed by atoms with van der Waals surface area (Å²) < 4.78 is 33.2. The first-order valence-corrected chi connectivity index (χ1v) is 11.0. The third-order valence-electron chi connectivity index (χ3n) is 5.07. The molecule has 6 nitrogen and oxygen atoms in total. The molecule has 144 valence electrons. The molecule has 0 radical (unpaired) electrons. The monoisotopic (exact) mass is 387 g/mol. The quantitative estimate of drug-likeness (QED) is 0.807. The Bertz CT molecular complexity index is 986. The molecule has 0 amide bonds. The summed E-state index contributed by atoms with van der Waals surface area (Å²) in [5.41, 5.74) is 3.91. The van der Waals surface area contributed by atoms with Crippen molar-refractivity contribution in [1.82, 2.24) is 14.7 Å². The van der Waals surface area contributed by atoms with Crippen LogP contribution in [0.2, 0.25) is 0 Å². The van der Waals surface area contributed by atoms with Crippen LogP contribution in [-0.4, -0.2) is 49.4 Å². The van der Waals surface area contributed by atoms with Gasteiger partial charge in [-0.1, -0.05) is 38.6 Å². The molecule has 4 rings (SSSR count). The van der Waals surface area contributed by atoms with Crippen molar-refractivity contribution in [2.24, 2.45) is 5.92 Å². The topological polar surface area (TPSA) is 64.4 Å². The van der Waals surface area contributed by atoms with Crippen molar-refractivity contribution in [3.05, 3.63) is 42.1 Å². The van der Waals surface area contributed by atoms with Gasteiger partial charge in [-0.2, -0.15) is 5.10 Å². The molecule has 0 aliphatic carbocycles. The van der Waals surface area contributed by atoms with Crippen LogP contribution in [0.1, 0.15) is 25.1 Å². The molecule has 0 atom stereocenters. The average Bonchev–Trinajstić information content (AvgIpc) is 2.98. The molecule has 2 aliphatic rings. The van der Waals surface area contributed by atoms with Crippen molar-refractivity contribution >= 4 is 15.5 Å². The minimum Gasteiger partial charge on any atom is -0.378 e. The lowest BCUT2D eigenvalue weighted by atomic mass is 10.0. The van der Waals surface area contributed by atoms with Crippen LogP contribution in [-0.2, 0) is 26.9 Å². The molecule has 1 aromatic carbocycles. The van der Waals surface area contributed by atoms with Gasteiger partial charge in [-0.25, -0.2) is 8.42 Å². The summed E-state index contributed by atoms with van der Waals surface area (Å²) in [5, 5.41) is 4.84. The first-order valence-electron chi connectivity index (χ1n) is 9.32. The van der Waals surface area contributed by atoms with Gasteiger partial charge in [0.05, 0.1) is 35.3 Å². The molecule has 7 heteroatoms. The van der Waals surface area contributed by atoms with Gasteiger partial charge < -0.3 is 9.64 Å². The molecule has 0 unspecified atom stereocenters. The number of ether oxygens (including phenoxy) is 1. The SMILES string of the molecule is C=C(c1nn(CC(C)C)c2c1CS(=O)(=O)c1ccccc1-2)N1CCOCC1. The Morgan fingerprint density at radius 2 is 1.96 bits per heavy atom. The molecular weight excluding hydrogens is 362 g/mol. The van der Waals surface area contributed by atoms with Crippen LogP contribution in [0, 0.1) is 5.92 Å². The van der Waals surface area contributed by atoms with Crippen molar-refractivity contribution in [1.29, 1.82) is 0 Å². The maximum Gasteiger partial charge on any atom is 0.183 e. The fourth-order valence-electron chi connectivity index (χ4n) is 3.83. The molecule has 27 heavy (non-hydrogen) atoms. The highest BCUT2D eigenvalue weighted by Crippen LogP contribution is 2.41. The minimum absolute atomic E-state index is 0.0316. The van der Waals surface area contributed by atoms with E-state index in [1.807, 2.05) is 16.8 Å². The van der Waals surface area contributed by atoms with Crippen LogP contribution in [0.25, 0.3) is 17.0 Å². The van der Waals surface area contributed by atoms with E-state index in [0.29, 0.717) is 29.7 Å². The van der Waals surface area contributed by atoms with Crippen LogP contribution >= 0.6 is 0 Å². The third-order valence-corrected chi connectivity index (χ3v) is 6.76. The number of rotatable bonds is 4. The highest BCUT2D eigenvalue weighted by Gasteiger charge is 2.35. The van der Waals surface area contributed by atoms with E-state index in [9.17, 15) is 8.42 Å². The fraction of sp³-hybridized carbons (Fsp3) is 0.450. The maximum absolute atomic E-state index is 12.9. The predicted molar refractivity (Wildman–Crippen MR) is 105 cm³/mol. The first kappa shape index (κ1) is 18.3. The molecule has 2 aromatic rings. The van der Waals surface area contributed by atoms with E-state index in [-0.39, 0.29) is 5.75 Å². The summed E-state index contributed by atoms with van der Waals surface area (Å²) in [4.78, 5) is 2.53. The third kappa shape index (κ3) is 3.19. The van der Waals surface area contributed by atoms with Gasteiger partial charge in [0.25, 0.3) is 0 Å². The molecule has 2 aliphatic heterocycles. The minimum atomic E-state index is -3.39. The summed E-state index contributed by atoms with van der Waals surface area (Å²) in [7, 11) is -3.39. The zero-order chi connectivity index (χ0) is 19.2. The van der Waals surface area contributed by atoms with Crippen LogP contribution in [0.5, 0.6) is 0 Å². The number of nitrogens with zero attached hydrogens (tertiary/aromatic N) is 3. The second kappa shape index (κ2) is 6.80. The first-order chi connectivity index (χ1) is 12.9. The second-order valence-corrected chi connectivity index (χ2v) is 9.51. The Kier molecular flexibility index (Phi) is 4.60. The number of fused-ring (bicyclic) bond motifs is 3. The van der Waals surface area contributed by atoms with E-state index in [1.54, 1.807) is 12.1 Å². The van der Waals surface area contributed by atoms with Crippen LogP contribution in [0.15, 0.2) is 35.7 Å². The normalized spacial score (nSPS) is 18.3. The van der Waals surface area contributed by atoms with Gasteiger partial charge in [-0.3, -0.25) is 4.68 Å². The Balaban J connectivity index is 1.89. The smallest absolute Gasteiger partial charge is 0.183 e. The zero-order valence-electron chi connectivity index (χ0n) is 15.8. The van der Waals surface area contributed by atoms with E-state index in [2.05, 4.69) is 25.3 Å². The number of hydrogen-bond acceptors (Lipinski definition) is 5. The van der Waals surface area contributed by atoms with Crippen molar-refractivity contribution < 1.29 is 13.2 Å². The highest BCUT2D eigenvalue weighted by molar-refractivity contribution is 7.90.